The average molecular weight is 493 g/mol. The third kappa shape index (κ3) is 4.13. The number of hydrogen-bond donors (Lipinski definition) is 0. The minimum atomic E-state index is 0.224. The lowest BCUT2D eigenvalue weighted by Crippen LogP contribution is -2.34. The van der Waals surface area contributed by atoms with Gasteiger partial charge in [-0.1, -0.05) is 58.9 Å². The molecule has 0 amide bonds. The topological polar surface area (TPSA) is 13.1 Å². The van der Waals surface area contributed by atoms with Gasteiger partial charge >= 0.3 is 0 Å². The molecule has 3 aromatic carbocycles. The van der Waals surface area contributed by atoms with Crippen LogP contribution >= 0.6 is 0 Å². The Labute approximate surface area is 222 Å². The monoisotopic (exact) mass is 492 g/mol. The third-order valence-electron chi connectivity index (χ3n) is 9.07. The number of ether oxygens (including phenoxy) is 1. The van der Waals surface area contributed by atoms with Gasteiger partial charge in [0, 0.05) is 17.5 Å². The van der Waals surface area contributed by atoms with E-state index in [1.165, 1.54) is 80.9 Å². The maximum atomic E-state index is 6.84. The van der Waals surface area contributed by atoms with Crippen LogP contribution in [0.4, 0.5) is 0 Å². The second kappa shape index (κ2) is 8.32. The van der Waals surface area contributed by atoms with Crippen LogP contribution in [-0.2, 0) is 13.5 Å². The molecule has 192 valence electrons. The van der Waals surface area contributed by atoms with Crippen molar-refractivity contribution in [2.75, 3.05) is 0 Å². The van der Waals surface area contributed by atoms with E-state index in [0.29, 0.717) is 11.3 Å². The zero-order valence-electron chi connectivity index (χ0n) is 24.0. The molecule has 1 aliphatic heterocycles. The van der Waals surface area contributed by atoms with Crippen molar-refractivity contribution in [1.29, 1.82) is 0 Å². The molecule has 0 unspecified atom stereocenters. The molecule has 0 atom stereocenters. The molecule has 1 fully saturated rings. The molecule has 1 aromatic heterocycles. The van der Waals surface area contributed by atoms with E-state index in [1.54, 1.807) is 0 Å². The highest BCUT2D eigenvalue weighted by atomic mass is 16.5. The van der Waals surface area contributed by atoms with Crippen LogP contribution in [0.15, 0.2) is 42.5 Å². The summed E-state index contributed by atoms with van der Waals surface area (Å²) >= 11 is 0. The predicted molar refractivity (Wildman–Crippen MR) is 156 cm³/mol. The van der Waals surface area contributed by atoms with E-state index in [1.807, 2.05) is 0 Å². The van der Waals surface area contributed by atoms with E-state index in [2.05, 4.69) is 103 Å². The van der Waals surface area contributed by atoms with Crippen LogP contribution in [0, 0.1) is 24.7 Å². The molecule has 0 spiro atoms. The standard InChI is InChI=1S/C35H42NO/c1-21-16-25-17-23(20-34(3,4)5)18-29-32(25)31(22(21)2)33-30(37-29)19-27-26(10-9-11-28(27)36(33)8)24-12-14-35(6,7)15-13-24/h9-11,16-19,24H,12-15,20H2,1-8H3/q+1. The Morgan fingerprint density at radius 1 is 0.973 bits per heavy atom. The molecule has 0 radical (unpaired) electrons. The number of benzene rings is 3. The summed E-state index contributed by atoms with van der Waals surface area (Å²) in [6, 6.07) is 16.3. The van der Waals surface area contributed by atoms with Crippen molar-refractivity contribution in [1.82, 2.24) is 0 Å². The maximum absolute atomic E-state index is 6.84. The van der Waals surface area contributed by atoms with Gasteiger partial charge in [-0.15, -0.1) is 0 Å². The van der Waals surface area contributed by atoms with E-state index in [9.17, 15) is 0 Å². The SMILES string of the molecule is Cc1cc2cc(CC(C)(C)C)cc3c2c(c1C)-c1c(cc2c(C4CCC(C)(C)CC4)cccc2[n+]1C)O3. The Hall–Kier alpha value is -2.87. The van der Waals surface area contributed by atoms with E-state index in [-0.39, 0.29) is 5.41 Å². The Morgan fingerprint density at radius 3 is 2.41 bits per heavy atom. The summed E-state index contributed by atoms with van der Waals surface area (Å²) in [5, 5.41) is 3.90. The molecule has 2 aliphatic rings. The summed E-state index contributed by atoms with van der Waals surface area (Å²) in [5.41, 5.74) is 10.1. The first-order chi connectivity index (χ1) is 17.4. The van der Waals surface area contributed by atoms with Gasteiger partial charge < -0.3 is 4.74 Å². The Bertz CT molecular complexity index is 1560. The number of pyridine rings is 1. The fourth-order valence-corrected chi connectivity index (χ4v) is 6.95. The maximum Gasteiger partial charge on any atom is 0.256 e. The van der Waals surface area contributed by atoms with Gasteiger partial charge in [0.2, 0.25) is 5.52 Å². The van der Waals surface area contributed by atoms with E-state index < -0.39 is 0 Å². The zero-order valence-corrected chi connectivity index (χ0v) is 24.0. The first-order valence-corrected chi connectivity index (χ1v) is 14.1. The van der Waals surface area contributed by atoms with Gasteiger partial charge in [0.1, 0.15) is 12.8 Å². The van der Waals surface area contributed by atoms with Crippen molar-refractivity contribution >= 4 is 21.7 Å². The van der Waals surface area contributed by atoms with Crippen molar-refractivity contribution in [2.45, 2.75) is 86.5 Å². The molecule has 4 aromatic rings. The molecular weight excluding hydrogens is 450 g/mol. The van der Waals surface area contributed by atoms with Crippen molar-refractivity contribution < 1.29 is 9.30 Å². The third-order valence-corrected chi connectivity index (χ3v) is 9.07. The molecule has 1 saturated carbocycles. The highest BCUT2D eigenvalue weighted by molar-refractivity contribution is 6.05. The molecule has 6 rings (SSSR count). The fourth-order valence-electron chi connectivity index (χ4n) is 6.95. The van der Waals surface area contributed by atoms with Gasteiger partial charge in [-0.25, -0.2) is 0 Å². The first kappa shape index (κ1) is 24.5. The molecule has 2 heteroatoms. The summed E-state index contributed by atoms with van der Waals surface area (Å²) in [7, 11) is 2.23. The normalized spacial score (nSPS) is 17.2. The van der Waals surface area contributed by atoms with Gasteiger partial charge in [0.15, 0.2) is 5.75 Å². The number of rotatable bonds is 2. The molecular formula is C35H42NO+. The molecule has 0 saturated heterocycles. The number of nitrogens with zero attached hydrogens (tertiary/aromatic N) is 1. The Kier molecular flexibility index (Phi) is 5.50. The van der Waals surface area contributed by atoms with Gasteiger partial charge in [-0.05, 0) is 96.4 Å². The quantitative estimate of drug-likeness (QED) is 0.224. The van der Waals surface area contributed by atoms with Crippen LogP contribution < -0.4 is 9.30 Å². The Balaban J connectivity index is 1.58. The second-order valence-corrected chi connectivity index (χ2v) is 13.9. The van der Waals surface area contributed by atoms with Crippen LogP contribution in [0.2, 0.25) is 0 Å². The number of aromatic nitrogens is 1. The number of aryl methyl sites for hydroxylation is 2. The van der Waals surface area contributed by atoms with Crippen molar-refractivity contribution in [3.05, 3.63) is 64.7 Å². The summed E-state index contributed by atoms with van der Waals surface area (Å²) in [6.45, 7) is 16.3. The smallest absolute Gasteiger partial charge is 0.256 e. The second-order valence-electron chi connectivity index (χ2n) is 13.9. The van der Waals surface area contributed by atoms with Crippen LogP contribution in [0.1, 0.15) is 88.5 Å². The lowest BCUT2D eigenvalue weighted by molar-refractivity contribution is -0.633. The highest BCUT2D eigenvalue weighted by Crippen LogP contribution is 2.50. The van der Waals surface area contributed by atoms with Gasteiger partial charge in [-0.2, -0.15) is 4.57 Å². The first-order valence-electron chi connectivity index (χ1n) is 14.1. The minimum Gasteiger partial charge on any atom is -0.450 e. The molecule has 0 N–H and O–H groups in total. The molecule has 0 bridgehead atoms. The molecule has 2 heterocycles. The number of hydrogen-bond acceptors (Lipinski definition) is 1. The average Bonchev–Trinajstić information content (AvgIpc) is 2.80. The Morgan fingerprint density at radius 2 is 1.70 bits per heavy atom. The van der Waals surface area contributed by atoms with Crippen LogP contribution in [0.3, 0.4) is 0 Å². The van der Waals surface area contributed by atoms with Gasteiger partial charge in [0.25, 0.3) is 5.69 Å². The highest BCUT2D eigenvalue weighted by Gasteiger charge is 2.34. The van der Waals surface area contributed by atoms with E-state index >= 15 is 0 Å². The molecule has 1 aliphatic carbocycles. The molecule has 2 nitrogen and oxygen atoms in total. The van der Waals surface area contributed by atoms with Crippen molar-refractivity contribution in [3.8, 4) is 22.8 Å². The van der Waals surface area contributed by atoms with E-state index in [4.69, 9.17) is 4.74 Å². The van der Waals surface area contributed by atoms with E-state index in [0.717, 1.165) is 17.9 Å². The van der Waals surface area contributed by atoms with Crippen LogP contribution in [-0.4, -0.2) is 0 Å². The van der Waals surface area contributed by atoms with Gasteiger partial charge in [0.05, 0.1) is 10.9 Å². The van der Waals surface area contributed by atoms with Crippen LogP contribution in [0.5, 0.6) is 11.5 Å². The molecule has 37 heavy (non-hydrogen) atoms. The van der Waals surface area contributed by atoms with Crippen molar-refractivity contribution in [3.63, 3.8) is 0 Å². The predicted octanol–water partition coefficient (Wildman–Crippen LogP) is 9.48. The summed E-state index contributed by atoms with van der Waals surface area (Å²) in [4.78, 5) is 0. The lowest BCUT2D eigenvalue weighted by atomic mass is 9.71. The largest absolute Gasteiger partial charge is 0.450 e. The van der Waals surface area contributed by atoms with Crippen LogP contribution in [0.25, 0.3) is 32.9 Å². The fraction of sp³-hybridized carbons (Fsp3) is 0.457. The summed E-state index contributed by atoms with van der Waals surface area (Å²) < 4.78 is 9.24. The minimum absolute atomic E-state index is 0.224. The summed E-state index contributed by atoms with van der Waals surface area (Å²) in [5.74, 6) is 2.63. The lowest BCUT2D eigenvalue weighted by Gasteiger charge is -2.34. The van der Waals surface area contributed by atoms with Crippen molar-refractivity contribution in [2.24, 2.45) is 17.9 Å². The number of fused-ring (bicyclic) bond motifs is 3. The zero-order chi connectivity index (χ0) is 26.3. The summed E-state index contributed by atoms with van der Waals surface area (Å²) in [6.07, 6.45) is 6.16. The van der Waals surface area contributed by atoms with Gasteiger partial charge in [-0.3, -0.25) is 0 Å².